The number of nitrogens with one attached hydrogen (secondary N) is 1. The van der Waals surface area contributed by atoms with Gasteiger partial charge in [0.1, 0.15) is 5.75 Å². The number of hydrazone groups is 1. The van der Waals surface area contributed by atoms with Gasteiger partial charge in [-0.3, -0.25) is 9.78 Å². The predicted octanol–water partition coefficient (Wildman–Crippen LogP) is 3.31. The zero-order chi connectivity index (χ0) is 15.9. The molecule has 0 spiro atoms. The molecule has 2 rings (SSSR count). The van der Waals surface area contributed by atoms with Gasteiger partial charge in [-0.1, -0.05) is 29.3 Å². The Kier molecular flexibility index (Phi) is 5.75. The maximum atomic E-state index is 11.7. The summed E-state index contributed by atoms with van der Waals surface area (Å²) in [6, 6.07) is 8.42. The van der Waals surface area contributed by atoms with Gasteiger partial charge in [0.25, 0.3) is 5.91 Å². The molecule has 0 aliphatic heterocycles. The standard InChI is InChI=1S/C15H13Cl2N3O2/c1-10(11-3-2-6-18-8-11)19-20-15(21)9-22-14-5-4-12(16)7-13(14)17/h2-8H,9H2,1H3,(H,20,21). The molecule has 0 saturated heterocycles. The van der Waals surface area contributed by atoms with Crippen LogP contribution in [0.2, 0.25) is 10.0 Å². The van der Waals surface area contributed by atoms with E-state index in [0.717, 1.165) is 5.56 Å². The first-order chi connectivity index (χ1) is 10.6. The molecule has 22 heavy (non-hydrogen) atoms. The summed E-state index contributed by atoms with van der Waals surface area (Å²) in [4.78, 5) is 15.7. The fraction of sp³-hybridized carbons (Fsp3) is 0.133. The Morgan fingerprint density at radius 2 is 2.18 bits per heavy atom. The van der Waals surface area contributed by atoms with Crippen LogP contribution >= 0.6 is 23.2 Å². The van der Waals surface area contributed by atoms with Crippen LogP contribution in [-0.4, -0.2) is 23.2 Å². The Hall–Kier alpha value is -2.11. The van der Waals surface area contributed by atoms with Gasteiger partial charge in [-0.2, -0.15) is 5.10 Å². The highest BCUT2D eigenvalue weighted by Crippen LogP contribution is 2.27. The number of aromatic nitrogens is 1. The van der Waals surface area contributed by atoms with E-state index in [1.165, 1.54) is 0 Å². The molecule has 0 bridgehead atoms. The van der Waals surface area contributed by atoms with Gasteiger partial charge in [0.05, 0.1) is 10.7 Å². The average molecular weight is 338 g/mol. The summed E-state index contributed by atoms with van der Waals surface area (Å²) >= 11 is 11.7. The van der Waals surface area contributed by atoms with Gasteiger partial charge >= 0.3 is 0 Å². The van der Waals surface area contributed by atoms with Crippen molar-refractivity contribution in [2.24, 2.45) is 5.10 Å². The van der Waals surface area contributed by atoms with E-state index in [1.807, 2.05) is 6.07 Å². The Labute approximate surface area is 137 Å². The topological polar surface area (TPSA) is 63.6 Å². The molecule has 1 aromatic carbocycles. The molecule has 5 nitrogen and oxygen atoms in total. The van der Waals surface area contributed by atoms with Crippen molar-refractivity contribution in [3.63, 3.8) is 0 Å². The van der Waals surface area contributed by atoms with Crippen LogP contribution in [0.3, 0.4) is 0 Å². The number of nitrogens with zero attached hydrogens (tertiary/aromatic N) is 2. The van der Waals surface area contributed by atoms with E-state index in [4.69, 9.17) is 27.9 Å². The van der Waals surface area contributed by atoms with Crippen LogP contribution in [0.5, 0.6) is 5.75 Å². The monoisotopic (exact) mass is 337 g/mol. The molecule has 2 aromatic rings. The minimum Gasteiger partial charge on any atom is -0.482 e. The van der Waals surface area contributed by atoms with Crippen molar-refractivity contribution in [1.29, 1.82) is 0 Å². The van der Waals surface area contributed by atoms with Crippen molar-refractivity contribution in [2.75, 3.05) is 6.61 Å². The van der Waals surface area contributed by atoms with Gasteiger partial charge in [0.15, 0.2) is 6.61 Å². The summed E-state index contributed by atoms with van der Waals surface area (Å²) in [5.74, 6) is -0.0107. The second-order valence-corrected chi connectivity index (χ2v) is 5.18. The summed E-state index contributed by atoms with van der Waals surface area (Å²) in [5, 5.41) is 4.83. The lowest BCUT2D eigenvalue weighted by Gasteiger charge is -2.07. The fourth-order valence-electron chi connectivity index (χ4n) is 1.56. The van der Waals surface area contributed by atoms with Gasteiger partial charge in [-0.15, -0.1) is 0 Å². The molecule has 0 aliphatic carbocycles. The Morgan fingerprint density at radius 1 is 1.36 bits per heavy atom. The second-order valence-electron chi connectivity index (χ2n) is 4.34. The third kappa shape index (κ3) is 4.72. The molecule has 1 amide bonds. The highest BCUT2D eigenvalue weighted by molar-refractivity contribution is 6.35. The molecule has 7 heteroatoms. The molecule has 0 saturated carbocycles. The largest absolute Gasteiger partial charge is 0.482 e. The number of pyridine rings is 1. The third-order valence-electron chi connectivity index (χ3n) is 2.68. The second kappa shape index (κ2) is 7.77. The third-order valence-corrected chi connectivity index (χ3v) is 3.21. The first-order valence-electron chi connectivity index (χ1n) is 6.37. The van der Waals surface area contributed by atoms with Gasteiger partial charge in [0, 0.05) is 23.0 Å². The normalized spacial score (nSPS) is 11.1. The molecule has 1 N–H and O–H groups in total. The van der Waals surface area contributed by atoms with Crippen molar-refractivity contribution in [2.45, 2.75) is 6.92 Å². The van der Waals surface area contributed by atoms with Crippen LogP contribution in [-0.2, 0) is 4.79 Å². The summed E-state index contributed by atoms with van der Waals surface area (Å²) in [6.45, 7) is 1.57. The Balaban J connectivity index is 1.88. The van der Waals surface area contributed by atoms with Crippen LogP contribution in [0.1, 0.15) is 12.5 Å². The van der Waals surface area contributed by atoms with Crippen molar-refractivity contribution in [3.05, 3.63) is 58.3 Å². The predicted molar refractivity (Wildman–Crippen MR) is 86.5 cm³/mol. The van der Waals surface area contributed by atoms with Gasteiger partial charge in [-0.05, 0) is 31.2 Å². The number of halogens is 2. The van der Waals surface area contributed by atoms with Crippen molar-refractivity contribution in [3.8, 4) is 5.75 Å². The minimum absolute atomic E-state index is 0.203. The molecule has 0 radical (unpaired) electrons. The zero-order valence-corrected chi connectivity index (χ0v) is 13.2. The van der Waals surface area contributed by atoms with E-state index in [2.05, 4.69) is 15.5 Å². The van der Waals surface area contributed by atoms with Crippen LogP contribution in [0.15, 0.2) is 47.8 Å². The number of carbonyl (C=O) groups is 1. The molecule has 0 fully saturated rings. The number of rotatable bonds is 5. The lowest BCUT2D eigenvalue weighted by molar-refractivity contribution is -0.123. The summed E-state index contributed by atoms with van der Waals surface area (Å²) < 4.78 is 5.31. The number of carbonyl (C=O) groups excluding carboxylic acids is 1. The van der Waals surface area contributed by atoms with Gasteiger partial charge in [-0.25, -0.2) is 5.43 Å². The molecule has 1 aromatic heterocycles. The van der Waals surface area contributed by atoms with Gasteiger partial charge in [0.2, 0.25) is 0 Å². The van der Waals surface area contributed by atoms with E-state index in [0.29, 0.717) is 21.5 Å². The highest BCUT2D eigenvalue weighted by Gasteiger charge is 2.06. The number of ether oxygens (including phenoxy) is 1. The van der Waals surface area contributed by atoms with E-state index in [-0.39, 0.29) is 6.61 Å². The molecule has 114 valence electrons. The molecular formula is C15H13Cl2N3O2. The number of amides is 1. The lowest BCUT2D eigenvalue weighted by Crippen LogP contribution is -2.25. The van der Waals surface area contributed by atoms with Crippen molar-refractivity contribution >= 4 is 34.8 Å². The SMILES string of the molecule is CC(=NNC(=O)COc1ccc(Cl)cc1Cl)c1cccnc1. The van der Waals surface area contributed by atoms with Crippen molar-refractivity contribution in [1.82, 2.24) is 10.4 Å². The van der Waals surface area contributed by atoms with E-state index in [9.17, 15) is 4.79 Å². The number of benzene rings is 1. The molecule has 0 unspecified atom stereocenters. The van der Waals surface area contributed by atoms with Crippen molar-refractivity contribution < 1.29 is 9.53 Å². The van der Waals surface area contributed by atoms with Crippen LogP contribution in [0.25, 0.3) is 0 Å². The minimum atomic E-state index is -0.394. The summed E-state index contributed by atoms with van der Waals surface area (Å²) in [7, 11) is 0. The van der Waals surface area contributed by atoms with Crippen LogP contribution in [0.4, 0.5) is 0 Å². The first kappa shape index (κ1) is 16.3. The molecule has 0 aliphatic rings. The number of hydrogen-bond acceptors (Lipinski definition) is 4. The van der Waals surface area contributed by atoms with E-state index >= 15 is 0 Å². The van der Waals surface area contributed by atoms with Gasteiger partial charge < -0.3 is 4.74 Å². The first-order valence-corrected chi connectivity index (χ1v) is 7.13. The van der Waals surface area contributed by atoms with E-state index < -0.39 is 5.91 Å². The molecule has 0 atom stereocenters. The summed E-state index contributed by atoms with van der Waals surface area (Å²) in [5.41, 5.74) is 3.88. The number of hydrogen-bond donors (Lipinski definition) is 1. The van der Waals surface area contributed by atoms with E-state index in [1.54, 1.807) is 43.6 Å². The maximum Gasteiger partial charge on any atom is 0.277 e. The highest BCUT2D eigenvalue weighted by atomic mass is 35.5. The zero-order valence-electron chi connectivity index (χ0n) is 11.7. The fourth-order valence-corrected chi connectivity index (χ4v) is 2.02. The lowest BCUT2D eigenvalue weighted by atomic mass is 10.2. The Morgan fingerprint density at radius 3 is 2.86 bits per heavy atom. The molecular weight excluding hydrogens is 325 g/mol. The average Bonchev–Trinajstić information content (AvgIpc) is 2.52. The van der Waals surface area contributed by atoms with Crippen LogP contribution < -0.4 is 10.2 Å². The Bertz CT molecular complexity index is 690. The molecule has 1 heterocycles. The quantitative estimate of drug-likeness (QED) is 0.672. The van der Waals surface area contributed by atoms with Crippen LogP contribution in [0, 0.1) is 0 Å². The maximum absolute atomic E-state index is 11.7. The summed E-state index contributed by atoms with van der Waals surface area (Å²) in [6.07, 6.45) is 3.33. The smallest absolute Gasteiger partial charge is 0.277 e.